The van der Waals surface area contributed by atoms with E-state index in [0.29, 0.717) is 22.4 Å². The van der Waals surface area contributed by atoms with Crippen LogP contribution in [-0.4, -0.2) is 0 Å². The van der Waals surface area contributed by atoms with Crippen molar-refractivity contribution in [1.82, 2.24) is 0 Å². The van der Waals surface area contributed by atoms with Crippen molar-refractivity contribution in [3.05, 3.63) is 64.8 Å². The fraction of sp³-hybridized carbons (Fsp3) is 0. The molecule has 2 aliphatic rings. The average molecular weight is 261 g/mol. The Kier molecular flexibility index (Phi) is 2.12. The van der Waals surface area contributed by atoms with E-state index in [1.54, 1.807) is 12.1 Å². The molecule has 0 amide bonds. The molecule has 3 heteroatoms. The predicted octanol–water partition coefficient (Wildman–Crippen LogP) is 3.63. The number of nitrogens with two attached hydrogens (primary N) is 1. The molecule has 0 fully saturated rings. The summed E-state index contributed by atoms with van der Waals surface area (Å²) in [4.78, 5) is 12.1. The fourth-order valence-electron chi connectivity index (χ4n) is 2.61. The fourth-order valence-corrected chi connectivity index (χ4v) is 2.61. The van der Waals surface area contributed by atoms with Crippen molar-refractivity contribution in [2.24, 2.45) is 0 Å². The van der Waals surface area contributed by atoms with E-state index in [-0.39, 0.29) is 5.43 Å². The lowest BCUT2D eigenvalue weighted by Gasteiger charge is -2.10. The summed E-state index contributed by atoms with van der Waals surface area (Å²) in [7, 11) is 0. The van der Waals surface area contributed by atoms with E-state index < -0.39 is 0 Å². The molecule has 0 atom stereocenters. The molecule has 0 unspecified atom stereocenters. The van der Waals surface area contributed by atoms with Gasteiger partial charge in [-0.3, -0.25) is 4.79 Å². The van der Waals surface area contributed by atoms with Gasteiger partial charge in [-0.1, -0.05) is 24.3 Å². The van der Waals surface area contributed by atoms with Crippen LogP contribution in [0.3, 0.4) is 0 Å². The molecule has 2 aromatic rings. The van der Waals surface area contributed by atoms with Gasteiger partial charge in [0.25, 0.3) is 0 Å². The summed E-state index contributed by atoms with van der Waals surface area (Å²) < 4.78 is 5.84. The third kappa shape index (κ3) is 1.50. The second kappa shape index (κ2) is 3.84. The van der Waals surface area contributed by atoms with Gasteiger partial charge in [0.05, 0.1) is 0 Å². The van der Waals surface area contributed by atoms with Gasteiger partial charge in [-0.25, -0.2) is 0 Å². The molecule has 1 heterocycles. The molecule has 0 spiro atoms. The topological polar surface area (TPSA) is 56.2 Å². The summed E-state index contributed by atoms with van der Waals surface area (Å²) in [6.45, 7) is 0. The number of benzene rings is 3. The lowest BCUT2D eigenvalue weighted by molar-refractivity contribution is 0.620. The van der Waals surface area contributed by atoms with Crippen LogP contribution in [0.2, 0.25) is 0 Å². The smallest absolute Gasteiger partial charge is 0.190 e. The van der Waals surface area contributed by atoms with Gasteiger partial charge < -0.3 is 10.2 Å². The SMILES string of the molecule is Nc1ccc2cc3c4ccccc4c(=O)cc-3oc2c1. The van der Waals surface area contributed by atoms with Crippen LogP contribution in [0.5, 0.6) is 0 Å². The first-order chi connectivity index (χ1) is 9.72. The molecule has 1 aliphatic carbocycles. The van der Waals surface area contributed by atoms with Gasteiger partial charge in [-0.15, -0.1) is 0 Å². The Morgan fingerprint density at radius 2 is 1.70 bits per heavy atom. The Labute approximate surface area is 114 Å². The van der Waals surface area contributed by atoms with Crippen LogP contribution in [0.15, 0.2) is 63.8 Å². The van der Waals surface area contributed by atoms with Crippen molar-refractivity contribution in [1.29, 1.82) is 0 Å². The number of fused-ring (bicyclic) bond motifs is 4. The van der Waals surface area contributed by atoms with Gasteiger partial charge in [0.2, 0.25) is 0 Å². The number of hydrogen-bond acceptors (Lipinski definition) is 3. The van der Waals surface area contributed by atoms with Crippen LogP contribution in [0, 0.1) is 0 Å². The van der Waals surface area contributed by atoms with E-state index in [2.05, 4.69) is 0 Å². The molecule has 0 bridgehead atoms. The van der Waals surface area contributed by atoms with Crippen molar-refractivity contribution in [2.75, 3.05) is 5.73 Å². The Morgan fingerprint density at radius 1 is 0.900 bits per heavy atom. The first-order valence-corrected chi connectivity index (χ1v) is 6.37. The highest BCUT2D eigenvalue weighted by Gasteiger charge is 2.13. The molecule has 2 aromatic carbocycles. The summed E-state index contributed by atoms with van der Waals surface area (Å²) in [5.74, 6) is 0.590. The van der Waals surface area contributed by atoms with E-state index in [4.69, 9.17) is 10.2 Å². The van der Waals surface area contributed by atoms with E-state index in [0.717, 1.165) is 16.3 Å². The zero-order valence-corrected chi connectivity index (χ0v) is 10.6. The van der Waals surface area contributed by atoms with E-state index in [1.807, 2.05) is 42.5 Å². The third-order valence-electron chi connectivity index (χ3n) is 3.57. The number of anilines is 1. The lowest BCUT2D eigenvalue weighted by atomic mass is 9.99. The van der Waals surface area contributed by atoms with Gasteiger partial charge in [0.15, 0.2) is 5.43 Å². The minimum Gasteiger partial charge on any atom is -0.456 e. The second-order valence-electron chi connectivity index (χ2n) is 4.88. The number of nitrogen functional groups attached to an aromatic ring is 1. The van der Waals surface area contributed by atoms with Crippen LogP contribution in [0.4, 0.5) is 5.69 Å². The second-order valence-corrected chi connectivity index (χ2v) is 4.88. The molecular formula is C17H11NO2. The van der Waals surface area contributed by atoms with Crippen LogP contribution < -0.4 is 11.2 Å². The molecular weight excluding hydrogens is 250 g/mol. The maximum atomic E-state index is 12.1. The standard InChI is InChI=1S/C17H11NO2/c18-11-6-5-10-7-14-12-3-1-2-4-13(12)15(19)9-17(14)20-16(10)8-11/h1-9H,18H2. The summed E-state index contributed by atoms with van der Waals surface area (Å²) in [6, 6.07) is 16.7. The molecule has 96 valence electrons. The van der Waals surface area contributed by atoms with E-state index >= 15 is 0 Å². The minimum absolute atomic E-state index is 0.0277. The maximum absolute atomic E-state index is 12.1. The van der Waals surface area contributed by atoms with Crippen LogP contribution >= 0.6 is 0 Å². The molecule has 4 rings (SSSR count). The van der Waals surface area contributed by atoms with Crippen LogP contribution in [-0.2, 0) is 0 Å². The Bertz CT molecular complexity index is 985. The largest absolute Gasteiger partial charge is 0.456 e. The molecule has 0 saturated heterocycles. The van der Waals surface area contributed by atoms with E-state index in [9.17, 15) is 4.79 Å². The van der Waals surface area contributed by atoms with Gasteiger partial charge >= 0.3 is 0 Å². The van der Waals surface area contributed by atoms with Crippen LogP contribution in [0.25, 0.3) is 33.1 Å². The molecule has 3 nitrogen and oxygen atoms in total. The van der Waals surface area contributed by atoms with Gasteiger partial charge in [0, 0.05) is 34.2 Å². The zero-order valence-electron chi connectivity index (χ0n) is 10.6. The van der Waals surface area contributed by atoms with Crippen molar-refractivity contribution in [3.63, 3.8) is 0 Å². The number of hydrogen-bond donors (Lipinski definition) is 1. The maximum Gasteiger partial charge on any atom is 0.190 e. The van der Waals surface area contributed by atoms with Gasteiger partial charge in [-0.05, 0) is 23.6 Å². The van der Waals surface area contributed by atoms with Crippen LogP contribution in [0.1, 0.15) is 0 Å². The first-order valence-electron chi connectivity index (χ1n) is 6.37. The van der Waals surface area contributed by atoms with Crippen molar-refractivity contribution in [3.8, 4) is 11.3 Å². The Balaban J connectivity index is 2.25. The highest BCUT2D eigenvalue weighted by Crippen LogP contribution is 2.33. The van der Waals surface area contributed by atoms with Gasteiger partial charge in [0.1, 0.15) is 11.3 Å². The molecule has 1 aliphatic heterocycles. The normalized spacial score (nSPS) is 11.4. The molecule has 0 saturated carbocycles. The minimum atomic E-state index is -0.0277. The highest BCUT2D eigenvalue weighted by atomic mass is 16.3. The molecule has 2 N–H and O–H groups in total. The summed E-state index contributed by atoms with van der Waals surface area (Å²) in [5.41, 5.74) is 8.01. The lowest BCUT2D eigenvalue weighted by Crippen LogP contribution is -2.02. The monoisotopic (exact) mass is 261 g/mol. The predicted molar refractivity (Wildman–Crippen MR) is 81.0 cm³/mol. The van der Waals surface area contributed by atoms with Gasteiger partial charge in [-0.2, -0.15) is 0 Å². The Morgan fingerprint density at radius 3 is 2.55 bits per heavy atom. The summed E-state index contributed by atoms with van der Waals surface area (Å²) in [5, 5.41) is 2.60. The quantitative estimate of drug-likeness (QED) is 0.299. The molecule has 0 radical (unpaired) electrons. The molecule has 20 heavy (non-hydrogen) atoms. The van der Waals surface area contributed by atoms with Crippen molar-refractivity contribution in [2.45, 2.75) is 0 Å². The zero-order chi connectivity index (χ0) is 13.7. The van der Waals surface area contributed by atoms with Crippen molar-refractivity contribution < 1.29 is 4.42 Å². The van der Waals surface area contributed by atoms with Crippen molar-refractivity contribution >= 4 is 27.4 Å². The number of rotatable bonds is 0. The Hall–Kier alpha value is -2.81. The first kappa shape index (κ1) is 11.1. The highest BCUT2D eigenvalue weighted by molar-refractivity contribution is 5.99. The van der Waals surface area contributed by atoms with E-state index in [1.165, 1.54) is 0 Å². The summed E-state index contributed by atoms with van der Waals surface area (Å²) in [6.07, 6.45) is 0. The summed E-state index contributed by atoms with van der Waals surface area (Å²) >= 11 is 0. The molecule has 0 aromatic heterocycles. The average Bonchev–Trinajstić information content (AvgIpc) is 2.46. The third-order valence-corrected chi connectivity index (χ3v) is 3.57.